The monoisotopic (exact) mass is 657 g/mol. The Morgan fingerprint density at radius 2 is 1.54 bits per heavy atom. The van der Waals surface area contributed by atoms with E-state index < -0.39 is 28.5 Å². The van der Waals surface area contributed by atoms with Crippen LogP contribution in [0.4, 0.5) is 5.69 Å². The SMILES string of the molecule is CC[C@@H](C(=O)NC(C)C)N(Cc1ccc(Cl)cc1Cl)C(=O)CN(c1ccc(Cl)c(Cl)c1)S(=O)(=O)c1ccc(C)cc1. The van der Waals surface area contributed by atoms with Gasteiger partial charge in [0.2, 0.25) is 11.8 Å². The van der Waals surface area contributed by atoms with Crippen molar-refractivity contribution in [3.63, 3.8) is 0 Å². The van der Waals surface area contributed by atoms with Crippen LogP contribution in [0.3, 0.4) is 0 Å². The lowest BCUT2D eigenvalue weighted by molar-refractivity contribution is -0.140. The number of nitrogens with zero attached hydrogens (tertiary/aromatic N) is 2. The Morgan fingerprint density at radius 3 is 2.10 bits per heavy atom. The highest BCUT2D eigenvalue weighted by Crippen LogP contribution is 2.31. The molecular weight excluding hydrogens is 628 g/mol. The average molecular weight is 659 g/mol. The number of aryl methyl sites for hydroxylation is 1. The van der Waals surface area contributed by atoms with Crippen LogP contribution in [-0.2, 0) is 26.2 Å². The summed E-state index contributed by atoms with van der Waals surface area (Å²) in [5.74, 6) is -0.994. The van der Waals surface area contributed by atoms with E-state index in [1.165, 1.54) is 35.2 Å². The molecule has 220 valence electrons. The van der Waals surface area contributed by atoms with Gasteiger partial charge >= 0.3 is 0 Å². The average Bonchev–Trinajstić information content (AvgIpc) is 2.89. The molecule has 0 spiro atoms. The van der Waals surface area contributed by atoms with E-state index in [9.17, 15) is 18.0 Å². The smallest absolute Gasteiger partial charge is 0.264 e. The summed E-state index contributed by atoms with van der Waals surface area (Å²) < 4.78 is 28.8. The highest BCUT2D eigenvalue weighted by Gasteiger charge is 2.34. The van der Waals surface area contributed by atoms with Crippen molar-refractivity contribution in [2.45, 2.75) is 57.6 Å². The Morgan fingerprint density at radius 1 is 0.878 bits per heavy atom. The molecule has 0 aromatic heterocycles. The molecule has 1 N–H and O–H groups in total. The minimum absolute atomic E-state index is 0.0149. The molecule has 41 heavy (non-hydrogen) atoms. The van der Waals surface area contributed by atoms with E-state index >= 15 is 0 Å². The molecule has 0 aliphatic carbocycles. The first-order chi connectivity index (χ1) is 19.2. The largest absolute Gasteiger partial charge is 0.352 e. The number of anilines is 1. The van der Waals surface area contributed by atoms with Crippen LogP contribution < -0.4 is 9.62 Å². The van der Waals surface area contributed by atoms with Crippen molar-refractivity contribution >= 4 is 73.9 Å². The topological polar surface area (TPSA) is 86.8 Å². The first-order valence-electron chi connectivity index (χ1n) is 12.8. The number of hydrogen-bond donors (Lipinski definition) is 1. The molecule has 12 heteroatoms. The fourth-order valence-corrected chi connectivity index (χ4v) is 6.31. The van der Waals surface area contributed by atoms with Gasteiger partial charge in [0.25, 0.3) is 10.0 Å². The van der Waals surface area contributed by atoms with Crippen molar-refractivity contribution in [2.24, 2.45) is 0 Å². The van der Waals surface area contributed by atoms with Crippen LogP contribution in [0.5, 0.6) is 0 Å². The summed E-state index contributed by atoms with van der Waals surface area (Å²) in [5.41, 5.74) is 1.55. The molecule has 0 radical (unpaired) electrons. The van der Waals surface area contributed by atoms with Crippen LogP contribution in [0.1, 0.15) is 38.3 Å². The Balaban J connectivity index is 2.11. The molecule has 0 saturated heterocycles. The Kier molecular flexibility index (Phi) is 11.4. The standard InChI is InChI=1S/C29H31Cl4N3O4S/c1-5-27(29(38)34-18(2)3)35(16-20-8-9-21(30)14-25(20)32)28(37)17-36(22-10-13-24(31)26(33)15-22)41(39,40)23-11-6-19(4)7-12-23/h6-15,18,27H,5,16-17H2,1-4H3,(H,34,38)/t27-/m0/s1. The predicted molar refractivity (Wildman–Crippen MR) is 167 cm³/mol. The summed E-state index contributed by atoms with van der Waals surface area (Å²) in [6, 6.07) is 14.3. The summed E-state index contributed by atoms with van der Waals surface area (Å²) in [4.78, 5) is 28.6. The molecule has 7 nitrogen and oxygen atoms in total. The Hall–Kier alpha value is -2.49. The first kappa shape index (κ1) is 33.0. The van der Waals surface area contributed by atoms with E-state index in [0.29, 0.717) is 15.6 Å². The third-order valence-corrected chi connectivity index (χ3v) is 9.37. The number of carbonyl (C=O) groups excluding carboxylic acids is 2. The van der Waals surface area contributed by atoms with Gasteiger partial charge in [0.15, 0.2) is 0 Å². The maximum Gasteiger partial charge on any atom is 0.264 e. The van der Waals surface area contributed by atoms with Gasteiger partial charge in [-0.2, -0.15) is 0 Å². The molecule has 3 aromatic carbocycles. The van der Waals surface area contributed by atoms with E-state index in [1.54, 1.807) is 37.3 Å². The second-order valence-corrected chi connectivity index (χ2v) is 13.3. The third-order valence-electron chi connectivity index (χ3n) is 6.25. The summed E-state index contributed by atoms with van der Waals surface area (Å²) in [6.45, 7) is 6.56. The van der Waals surface area contributed by atoms with Crippen molar-refractivity contribution in [2.75, 3.05) is 10.8 Å². The maximum atomic E-state index is 14.1. The van der Waals surface area contributed by atoms with E-state index in [1.807, 2.05) is 20.8 Å². The van der Waals surface area contributed by atoms with E-state index in [2.05, 4.69) is 5.32 Å². The first-order valence-corrected chi connectivity index (χ1v) is 15.8. The predicted octanol–water partition coefficient (Wildman–Crippen LogP) is 7.14. The molecule has 1 atom stereocenters. The van der Waals surface area contributed by atoms with E-state index in [-0.39, 0.29) is 45.5 Å². The van der Waals surface area contributed by atoms with Crippen LogP contribution in [0.2, 0.25) is 20.1 Å². The zero-order chi connectivity index (χ0) is 30.5. The summed E-state index contributed by atoms with van der Waals surface area (Å²) in [7, 11) is -4.25. The third kappa shape index (κ3) is 8.30. The highest BCUT2D eigenvalue weighted by atomic mass is 35.5. The van der Waals surface area contributed by atoms with Gasteiger partial charge in [-0.05, 0) is 75.2 Å². The lowest BCUT2D eigenvalue weighted by Gasteiger charge is -2.33. The zero-order valence-corrected chi connectivity index (χ0v) is 26.8. The molecule has 2 amide bonds. The Bertz CT molecular complexity index is 1510. The number of hydrogen-bond acceptors (Lipinski definition) is 4. The normalized spacial score (nSPS) is 12.2. The van der Waals surface area contributed by atoms with Gasteiger partial charge in [-0.1, -0.05) is 77.1 Å². The van der Waals surface area contributed by atoms with Gasteiger partial charge in [0, 0.05) is 22.6 Å². The van der Waals surface area contributed by atoms with Crippen molar-refractivity contribution in [1.29, 1.82) is 0 Å². The van der Waals surface area contributed by atoms with Crippen LogP contribution in [0.25, 0.3) is 0 Å². The van der Waals surface area contributed by atoms with E-state index in [0.717, 1.165) is 9.87 Å². The molecule has 0 saturated carbocycles. The lowest BCUT2D eigenvalue weighted by atomic mass is 10.1. The molecule has 0 heterocycles. The Labute approximate surface area is 261 Å². The fourth-order valence-electron chi connectivity index (χ4n) is 4.14. The summed E-state index contributed by atoms with van der Waals surface area (Å²) in [5, 5.41) is 3.91. The van der Waals surface area contributed by atoms with Crippen LogP contribution >= 0.6 is 46.4 Å². The number of amides is 2. The summed E-state index contributed by atoms with van der Waals surface area (Å²) >= 11 is 24.9. The van der Waals surface area contributed by atoms with Gasteiger partial charge in [-0.15, -0.1) is 0 Å². The molecule has 3 rings (SSSR count). The van der Waals surface area contributed by atoms with Crippen molar-refractivity contribution in [3.05, 3.63) is 91.9 Å². The molecule has 0 aliphatic heterocycles. The number of halogens is 4. The minimum atomic E-state index is -4.25. The van der Waals surface area contributed by atoms with Gasteiger partial charge in [-0.3, -0.25) is 13.9 Å². The number of carbonyl (C=O) groups is 2. The highest BCUT2D eigenvalue weighted by molar-refractivity contribution is 7.92. The molecule has 0 fully saturated rings. The minimum Gasteiger partial charge on any atom is -0.352 e. The molecule has 0 aliphatic rings. The molecule has 3 aromatic rings. The van der Waals surface area contributed by atoms with Crippen molar-refractivity contribution < 1.29 is 18.0 Å². The zero-order valence-electron chi connectivity index (χ0n) is 23.0. The van der Waals surface area contributed by atoms with Crippen LogP contribution in [-0.4, -0.2) is 43.8 Å². The van der Waals surface area contributed by atoms with Gasteiger partial charge in [-0.25, -0.2) is 8.42 Å². The van der Waals surface area contributed by atoms with Crippen molar-refractivity contribution in [3.8, 4) is 0 Å². The molecule has 0 bridgehead atoms. The van der Waals surface area contributed by atoms with Gasteiger partial charge in [0.05, 0.1) is 20.6 Å². The second kappa shape index (κ2) is 14.1. The molecular formula is C29H31Cl4N3O4S. The lowest BCUT2D eigenvalue weighted by Crippen LogP contribution is -2.53. The fraction of sp³-hybridized carbons (Fsp3) is 0.310. The number of nitrogens with one attached hydrogen (secondary N) is 1. The quantitative estimate of drug-likeness (QED) is 0.237. The van der Waals surface area contributed by atoms with Crippen LogP contribution in [0, 0.1) is 6.92 Å². The van der Waals surface area contributed by atoms with Gasteiger partial charge in [0.1, 0.15) is 12.6 Å². The maximum absolute atomic E-state index is 14.1. The van der Waals surface area contributed by atoms with Gasteiger partial charge < -0.3 is 10.2 Å². The number of benzene rings is 3. The van der Waals surface area contributed by atoms with Crippen molar-refractivity contribution in [1.82, 2.24) is 10.2 Å². The summed E-state index contributed by atoms with van der Waals surface area (Å²) in [6.07, 6.45) is 0.271. The van der Waals surface area contributed by atoms with E-state index in [4.69, 9.17) is 46.4 Å². The molecule has 0 unspecified atom stereocenters. The van der Waals surface area contributed by atoms with Crippen LogP contribution in [0.15, 0.2) is 65.6 Å². The number of rotatable bonds is 11. The second-order valence-electron chi connectivity index (χ2n) is 9.77. The number of sulfonamides is 1.